The van der Waals surface area contributed by atoms with Crippen molar-refractivity contribution in [3.05, 3.63) is 76.9 Å². The monoisotopic (exact) mass is 789 g/mol. The van der Waals surface area contributed by atoms with E-state index in [0.29, 0.717) is 46.6 Å². The van der Waals surface area contributed by atoms with Crippen LogP contribution in [0.4, 0.5) is 27.7 Å². The molecule has 2 spiro atoms. The summed E-state index contributed by atoms with van der Waals surface area (Å²) in [6.45, 7) is 11.2. The van der Waals surface area contributed by atoms with E-state index in [1.54, 1.807) is 11.1 Å². The van der Waals surface area contributed by atoms with Crippen LogP contribution >= 0.6 is 11.6 Å². The molecule has 1 atom stereocenters. The van der Waals surface area contributed by atoms with E-state index in [-0.39, 0.29) is 23.3 Å². The smallest absolute Gasteiger partial charge is 0.328 e. The number of carbonyl (C=O) groups is 3. The summed E-state index contributed by atoms with van der Waals surface area (Å²) in [5.41, 5.74) is 4.87. The van der Waals surface area contributed by atoms with Crippen LogP contribution in [0, 0.1) is 22.2 Å². The van der Waals surface area contributed by atoms with Gasteiger partial charge in [0.2, 0.25) is 5.91 Å². The van der Waals surface area contributed by atoms with Crippen LogP contribution in [0.3, 0.4) is 0 Å². The van der Waals surface area contributed by atoms with Gasteiger partial charge in [0.15, 0.2) is 0 Å². The summed E-state index contributed by atoms with van der Waals surface area (Å²) in [7, 11) is 0. The highest BCUT2D eigenvalue weighted by Gasteiger charge is 2.49. The molecule has 1 aromatic heterocycles. The molecule has 9 rings (SSSR count). The molecule has 5 aliphatic heterocycles. The molecule has 6 aliphatic rings. The summed E-state index contributed by atoms with van der Waals surface area (Å²) < 4.78 is 0. The summed E-state index contributed by atoms with van der Waals surface area (Å²) >= 11 is 6.38. The number of piperazine rings is 1. The Morgan fingerprint density at radius 3 is 2.14 bits per heavy atom. The first-order chi connectivity index (χ1) is 27.6. The molecule has 13 heteroatoms. The van der Waals surface area contributed by atoms with E-state index in [4.69, 9.17) is 16.6 Å². The fourth-order valence-corrected chi connectivity index (χ4v) is 10.9. The predicted molar refractivity (Wildman–Crippen MR) is 222 cm³/mol. The second kappa shape index (κ2) is 15.1. The number of nitriles is 1. The Labute approximate surface area is 340 Å². The molecular weight excluding hydrogens is 738 g/mol. The molecule has 1 saturated carbocycles. The number of anilines is 4. The second-order valence-corrected chi connectivity index (χ2v) is 17.9. The molecule has 0 bridgehead atoms. The molecule has 57 heavy (non-hydrogen) atoms. The van der Waals surface area contributed by atoms with Crippen LogP contribution in [0.2, 0.25) is 5.02 Å². The first-order valence-electron chi connectivity index (χ1n) is 20.8. The minimum Gasteiger partial charge on any atom is -0.369 e. The van der Waals surface area contributed by atoms with E-state index >= 15 is 0 Å². The molecule has 4 amide bonds. The van der Waals surface area contributed by atoms with Gasteiger partial charge in [-0.05, 0) is 117 Å². The number of rotatable bonds is 6. The van der Waals surface area contributed by atoms with Gasteiger partial charge in [-0.15, -0.1) is 0 Å². The topological polar surface area (TPSA) is 119 Å². The molecule has 0 radical (unpaired) electrons. The quantitative estimate of drug-likeness (QED) is 0.314. The molecule has 6 heterocycles. The maximum Gasteiger partial charge on any atom is 0.328 e. The Hall–Kier alpha value is -4.86. The number of likely N-dealkylation sites (tertiary alicyclic amines) is 1. The minimum atomic E-state index is -0.352. The maximum atomic E-state index is 13.6. The zero-order chi connectivity index (χ0) is 39.3. The van der Waals surface area contributed by atoms with Crippen molar-refractivity contribution in [2.75, 3.05) is 85.0 Å². The average Bonchev–Trinajstić information content (AvgIpc) is 3.55. The normalized spacial score (nSPS) is 23.8. The third-order valence-corrected chi connectivity index (χ3v) is 14.5. The van der Waals surface area contributed by atoms with E-state index < -0.39 is 0 Å². The molecule has 3 aromatic rings. The number of pyridine rings is 1. The lowest BCUT2D eigenvalue weighted by molar-refractivity contribution is -0.120. The van der Waals surface area contributed by atoms with Crippen molar-refractivity contribution < 1.29 is 14.4 Å². The average molecular weight is 790 g/mol. The van der Waals surface area contributed by atoms with E-state index in [2.05, 4.69) is 50.0 Å². The van der Waals surface area contributed by atoms with Gasteiger partial charge in [-0.25, -0.2) is 9.78 Å². The number of nitrogens with one attached hydrogen (secondary N) is 1. The Balaban J connectivity index is 0.708. The van der Waals surface area contributed by atoms with Crippen molar-refractivity contribution in [1.29, 1.82) is 5.26 Å². The molecule has 298 valence electrons. The van der Waals surface area contributed by atoms with E-state index in [9.17, 15) is 19.6 Å². The van der Waals surface area contributed by atoms with Gasteiger partial charge >= 0.3 is 6.03 Å². The highest BCUT2D eigenvalue weighted by atomic mass is 35.5. The first kappa shape index (κ1) is 37.7. The van der Waals surface area contributed by atoms with Crippen molar-refractivity contribution in [2.45, 2.75) is 70.4 Å². The molecule has 12 nitrogen and oxygen atoms in total. The third kappa shape index (κ3) is 7.40. The van der Waals surface area contributed by atoms with Gasteiger partial charge in [0, 0.05) is 107 Å². The summed E-state index contributed by atoms with van der Waals surface area (Å²) in [4.78, 5) is 55.7. The van der Waals surface area contributed by atoms with Crippen LogP contribution in [0.25, 0.3) is 0 Å². The van der Waals surface area contributed by atoms with E-state index in [0.717, 1.165) is 108 Å². The standard InChI is InChI=1S/C44H52ClN9O3/c1-31-25-44(30-54(31)36-4-2-32(28-46)38(45)24-36)13-16-51(17-14-44)39-9-3-33(29-47-39)41(56)52-18-11-43(12-19-52)26-37(27-43)50-22-20-49(21-23-50)34-5-7-35(8-6-34)53-15-10-40(55)48-42(53)57/h2-9,24,29,31,37H,10-23,25-27,30H2,1H3,(H,48,55,57)/t31-/m0/s1. The summed E-state index contributed by atoms with van der Waals surface area (Å²) in [6.07, 6.45) is 10.0. The van der Waals surface area contributed by atoms with Gasteiger partial charge in [-0.3, -0.25) is 24.7 Å². The van der Waals surface area contributed by atoms with Crippen molar-refractivity contribution >= 4 is 52.3 Å². The van der Waals surface area contributed by atoms with Crippen molar-refractivity contribution in [1.82, 2.24) is 20.1 Å². The number of urea groups is 1. The number of amides is 4. The van der Waals surface area contributed by atoms with Gasteiger partial charge < -0.3 is 19.6 Å². The zero-order valence-corrected chi connectivity index (χ0v) is 33.6. The number of carbonyl (C=O) groups excluding carboxylic acids is 3. The number of nitrogens with zero attached hydrogens (tertiary/aromatic N) is 8. The van der Waals surface area contributed by atoms with Crippen LogP contribution < -0.4 is 24.9 Å². The highest BCUT2D eigenvalue weighted by Crippen LogP contribution is 2.51. The number of imide groups is 1. The summed E-state index contributed by atoms with van der Waals surface area (Å²) in [6, 6.07) is 20.7. The Morgan fingerprint density at radius 1 is 0.807 bits per heavy atom. The van der Waals surface area contributed by atoms with Gasteiger partial charge in [0.1, 0.15) is 11.9 Å². The van der Waals surface area contributed by atoms with E-state index in [1.165, 1.54) is 18.5 Å². The van der Waals surface area contributed by atoms with Crippen molar-refractivity contribution in [3.63, 3.8) is 0 Å². The van der Waals surface area contributed by atoms with Crippen molar-refractivity contribution in [2.24, 2.45) is 10.8 Å². The SMILES string of the molecule is C[C@H]1CC2(CCN(c3ccc(C(=O)N4CCC5(CC4)CC(N4CCN(c6ccc(N7CCC(=O)NC7=O)cc6)CC4)C5)cn3)CC2)CN1c1ccc(C#N)c(Cl)c1. The van der Waals surface area contributed by atoms with Crippen LogP contribution in [-0.4, -0.2) is 110 Å². The fraction of sp³-hybridized carbons (Fsp3) is 0.523. The lowest BCUT2D eigenvalue weighted by Crippen LogP contribution is -2.59. The van der Waals surface area contributed by atoms with Gasteiger partial charge in [0.25, 0.3) is 5.91 Å². The Bertz CT molecular complexity index is 2040. The molecule has 1 N–H and O–H groups in total. The fourth-order valence-electron chi connectivity index (χ4n) is 10.7. The number of halogens is 1. The van der Waals surface area contributed by atoms with Crippen LogP contribution in [-0.2, 0) is 4.79 Å². The first-order valence-corrected chi connectivity index (χ1v) is 21.1. The zero-order valence-electron chi connectivity index (χ0n) is 32.8. The van der Waals surface area contributed by atoms with Gasteiger partial charge in [-0.1, -0.05) is 11.6 Å². The third-order valence-electron chi connectivity index (χ3n) is 14.2. The van der Waals surface area contributed by atoms with Crippen LogP contribution in [0.5, 0.6) is 0 Å². The number of aromatic nitrogens is 1. The summed E-state index contributed by atoms with van der Waals surface area (Å²) in [5.74, 6) is 0.824. The molecule has 1 aliphatic carbocycles. The van der Waals surface area contributed by atoms with Crippen molar-refractivity contribution in [3.8, 4) is 6.07 Å². The lowest BCUT2D eigenvalue weighted by Gasteiger charge is -2.56. The second-order valence-electron chi connectivity index (χ2n) is 17.5. The molecule has 6 fully saturated rings. The molecular formula is C44H52ClN9O3. The van der Waals surface area contributed by atoms with Gasteiger partial charge in [0.05, 0.1) is 16.1 Å². The Kier molecular flexibility index (Phi) is 10.0. The van der Waals surface area contributed by atoms with Crippen LogP contribution in [0.1, 0.15) is 74.2 Å². The number of hydrogen-bond acceptors (Lipinski definition) is 9. The van der Waals surface area contributed by atoms with Gasteiger partial charge in [-0.2, -0.15) is 5.26 Å². The lowest BCUT2D eigenvalue weighted by atomic mass is 9.60. The molecule has 5 saturated heterocycles. The van der Waals surface area contributed by atoms with E-state index in [1.807, 2.05) is 47.4 Å². The molecule has 0 unspecified atom stereocenters. The number of piperidine rings is 2. The predicted octanol–water partition coefficient (Wildman–Crippen LogP) is 6.15. The largest absolute Gasteiger partial charge is 0.369 e. The number of benzene rings is 2. The number of hydrogen-bond donors (Lipinski definition) is 1. The minimum absolute atomic E-state index is 0.0961. The van der Waals surface area contributed by atoms with Crippen LogP contribution in [0.15, 0.2) is 60.8 Å². The Morgan fingerprint density at radius 2 is 1.49 bits per heavy atom. The highest BCUT2D eigenvalue weighted by molar-refractivity contribution is 6.32. The molecule has 2 aromatic carbocycles. The summed E-state index contributed by atoms with van der Waals surface area (Å²) in [5, 5.41) is 12.2. The maximum absolute atomic E-state index is 13.6.